The summed E-state index contributed by atoms with van der Waals surface area (Å²) < 4.78 is 5.63. The van der Waals surface area contributed by atoms with E-state index in [1.54, 1.807) is 0 Å². The van der Waals surface area contributed by atoms with Crippen molar-refractivity contribution in [2.45, 2.75) is 44.6 Å². The molecule has 1 N–H and O–H groups in total. The summed E-state index contributed by atoms with van der Waals surface area (Å²) in [6, 6.07) is 8.10. The smallest absolute Gasteiger partial charge is 0.122 e. The first-order chi connectivity index (χ1) is 7.83. The Bertz CT molecular complexity index is 335. The zero-order chi connectivity index (χ0) is 11.4. The number of hydrogen-bond donors (Lipinski definition) is 1. The standard InChI is InChI=1S/C14H20O2/c1-2-16-14-10-6-4-8-12(14)11-7-3-5-9-13(11)15/h4,6,8,10-11,13,15H,2-3,5,7,9H2,1H3/t11-,13+/m1/s1. The van der Waals surface area contributed by atoms with Crippen LogP contribution >= 0.6 is 0 Å². The molecule has 0 saturated heterocycles. The van der Waals surface area contributed by atoms with Gasteiger partial charge < -0.3 is 9.84 Å². The van der Waals surface area contributed by atoms with E-state index in [4.69, 9.17) is 4.74 Å². The molecule has 0 heterocycles. The van der Waals surface area contributed by atoms with Crippen LogP contribution in [-0.4, -0.2) is 17.8 Å². The quantitative estimate of drug-likeness (QED) is 0.848. The number of ether oxygens (including phenoxy) is 1. The molecule has 0 bridgehead atoms. The number of rotatable bonds is 3. The maximum absolute atomic E-state index is 10.1. The van der Waals surface area contributed by atoms with Gasteiger partial charge in [-0.2, -0.15) is 0 Å². The van der Waals surface area contributed by atoms with E-state index in [1.165, 1.54) is 12.0 Å². The molecule has 0 aromatic heterocycles. The predicted octanol–water partition coefficient (Wildman–Crippen LogP) is 3.10. The van der Waals surface area contributed by atoms with Gasteiger partial charge in [0.25, 0.3) is 0 Å². The van der Waals surface area contributed by atoms with Crippen molar-refractivity contribution < 1.29 is 9.84 Å². The second-order valence-electron chi connectivity index (χ2n) is 4.43. The Hall–Kier alpha value is -1.02. The lowest BCUT2D eigenvalue weighted by atomic mass is 9.81. The van der Waals surface area contributed by atoms with Gasteiger partial charge in [-0.15, -0.1) is 0 Å². The summed E-state index contributed by atoms with van der Waals surface area (Å²) in [5.74, 6) is 1.20. The van der Waals surface area contributed by atoms with E-state index < -0.39 is 0 Å². The molecule has 0 radical (unpaired) electrons. The van der Waals surface area contributed by atoms with Gasteiger partial charge in [0.15, 0.2) is 0 Å². The van der Waals surface area contributed by atoms with Crippen LogP contribution in [0.25, 0.3) is 0 Å². The number of benzene rings is 1. The fourth-order valence-corrected chi connectivity index (χ4v) is 2.55. The molecule has 88 valence electrons. The largest absolute Gasteiger partial charge is 0.494 e. The highest BCUT2D eigenvalue weighted by Gasteiger charge is 2.26. The van der Waals surface area contributed by atoms with Crippen LogP contribution in [0.4, 0.5) is 0 Å². The molecule has 1 fully saturated rings. The summed E-state index contributed by atoms with van der Waals surface area (Å²) in [6.07, 6.45) is 4.16. The second kappa shape index (κ2) is 5.35. The van der Waals surface area contributed by atoms with Crippen LogP contribution in [0.5, 0.6) is 5.75 Å². The lowest BCUT2D eigenvalue weighted by Crippen LogP contribution is -2.23. The molecule has 2 atom stereocenters. The van der Waals surface area contributed by atoms with Gasteiger partial charge in [-0.05, 0) is 31.4 Å². The first-order valence-electron chi connectivity index (χ1n) is 6.22. The lowest BCUT2D eigenvalue weighted by molar-refractivity contribution is 0.104. The summed E-state index contributed by atoms with van der Waals surface area (Å²) in [5, 5.41) is 10.1. The normalized spacial score (nSPS) is 25.4. The predicted molar refractivity (Wildman–Crippen MR) is 64.8 cm³/mol. The van der Waals surface area contributed by atoms with Gasteiger partial charge in [0.05, 0.1) is 12.7 Å². The Labute approximate surface area is 97.3 Å². The fourth-order valence-electron chi connectivity index (χ4n) is 2.55. The molecule has 2 heteroatoms. The van der Waals surface area contributed by atoms with Gasteiger partial charge in [0.1, 0.15) is 5.75 Å². The Morgan fingerprint density at radius 3 is 2.75 bits per heavy atom. The van der Waals surface area contributed by atoms with Crippen LogP contribution in [0.15, 0.2) is 24.3 Å². The highest BCUT2D eigenvalue weighted by atomic mass is 16.5. The molecule has 1 aromatic rings. The molecule has 16 heavy (non-hydrogen) atoms. The molecule has 0 spiro atoms. The summed E-state index contributed by atoms with van der Waals surface area (Å²) in [6.45, 7) is 2.67. The van der Waals surface area contributed by atoms with Crippen molar-refractivity contribution in [3.8, 4) is 5.75 Å². The van der Waals surface area contributed by atoms with Gasteiger partial charge in [-0.1, -0.05) is 31.0 Å². The summed E-state index contributed by atoms with van der Waals surface area (Å²) >= 11 is 0. The summed E-state index contributed by atoms with van der Waals surface area (Å²) in [7, 11) is 0. The monoisotopic (exact) mass is 220 g/mol. The third-order valence-electron chi connectivity index (χ3n) is 3.35. The SMILES string of the molecule is CCOc1ccccc1[C@H]1CCCC[C@@H]1O. The molecular weight excluding hydrogens is 200 g/mol. The van der Waals surface area contributed by atoms with Gasteiger partial charge in [0.2, 0.25) is 0 Å². The van der Waals surface area contributed by atoms with Crippen molar-refractivity contribution in [3.05, 3.63) is 29.8 Å². The number of hydrogen-bond acceptors (Lipinski definition) is 2. The molecule has 2 nitrogen and oxygen atoms in total. The van der Waals surface area contributed by atoms with Gasteiger partial charge in [0, 0.05) is 5.92 Å². The van der Waals surface area contributed by atoms with Crippen molar-refractivity contribution in [1.82, 2.24) is 0 Å². The minimum Gasteiger partial charge on any atom is -0.494 e. The topological polar surface area (TPSA) is 29.5 Å². The lowest BCUT2D eigenvalue weighted by Gasteiger charge is -2.29. The summed E-state index contributed by atoms with van der Waals surface area (Å²) in [4.78, 5) is 0. The Morgan fingerprint density at radius 1 is 1.25 bits per heavy atom. The van der Waals surface area contributed by atoms with Crippen LogP contribution < -0.4 is 4.74 Å². The summed E-state index contributed by atoms with van der Waals surface area (Å²) in [5.41, 5.74) is 1.18. The maximum atomic E-state index is 10.1. The van der Waals surface area contributed by atoms with Gasteiger partial charge in [-0.25, -0.2) is 0 Å². The van der Waals surface area contributed by atoms with Gasteiger partial charge in [-0.3, -0.25) is 0 Å². The molecule has 0 aliphatic heterocycles. The molecule has 0 unspecified atom stereocenters. The Kier molecular flexibility index (Phi) is 3.83. The van der Waals surface area contributed by atoms with Crippen molar-refractivity contribution in [2.75, 3.05) is 6.61 Å². The molecule has 1 aliphatic rings. The van der Waals surface area contributed by atoms with E-state index in [0.29, 0.717) is 6.61 Å². The minimum atomic E-state index is -0.199. The van der Waals surface area contributed by atoms with Gasteiger partial charge >= 0.3 is 0 Å². The maximum Gasteiger partial charge on any atom is 0.122 e. The third kappa shape index (κ3) is 2.38. The van der Waals surface area contributed by atoms with E-state index >= 15 is 0 Å². The van der Waals surface area contributed by atoms with Crippen molar-refractivity contribution in [3.63, 3.8) is 0 Å². The van der Waals surface area contributed by atoms with E-state index in [0.717, 1.165) is 25.0 Å². The highest BCUT2D eigenvalue weighted by Crippen LogP contribution is 2.37. The average molecular weight is 220 g/mol. The zero-order valence-corrected chi connectivity index (χ0v) is 9.86. The van der Waals surface area contributed by atoms with E-state index in [-0.39, 0.29) is 12.0 Å². The van der Waals surface area contributed by atoms with Crippen LogP contribution in [0, 0.1) is 0 Å². The van der Waals surface area contributed by atoms with E-state index in [9.17, 15) is 5.11 Å². The third-order valence-corrected chi connectivity index (χ3v) is 3.35. The first kappa shape index (κ1) is 11.5. The van der Waals surface area contributed by atoms with E-state index in [2.05, 4.69) is 6.07 Å². The van der Waals surface area contributed by atoms with Crippen molar-refractivity contribution >= 4 is 0 Å². The van der Waals surface area contributed by atoms with Crippen LogP contribution in [0.3, 0.4) is 0 Å². The average Bonchev–Trinajstić information content (AvgIpc) is 2.31. The molecule has 1 saturated carbocycles. The van der Waals surface area contributed by atoms with Crippen molar-refractivity contribution in [2.24, 2.45) is 0 Å². The van der Waals surface area contributed by atoms with Crippen LogP contribution in [-0.2, 0) is 0 Å². The highest BCUT2D eigenvalue weighted by molar-refractivity contribution is 5.37. The number of para-hydroxylation sites is 1. The zero-order valence-electron chi connectivity index (χ0n) is 9.86. The van der Waals surface area contributed by atoms with Crippen LogP contribution in [0.1, 0.15) is 44.1 Å². The molecule has 1 aliphatic carbocycles. The second-order valence-corrected chi connectivity index (χ2v) is 4.43. The minimum absolute atomic E-state index is 0.199. The molecular formula is C14H20O2. The Balaban J connectivity index is 2.23. The molecule has 0 amide bonds. The number of aliphatic hydroxyl groups excluding tert-OH is 1. The first-order valence-corrected chi connectivity index (χ1v) is 6.22. The molecule has 1 aromatic carbocycles. The fraction of sp³-hybridized carbons (Fsp3) is 0.571. The Morgan fingerprint density at radius 2 is 2.00 bits per heavy atom. The van der Waals surface area contributed by atoms with Crippen molar-refractivity contribution in [1.29, 1.82) is 0 Å². The van der Waals surface area contributed by atoms with Crippen LogP contribution in [0.2, 0.25) is 0 Å². The number of aliphatic hydroxyl groups is 1. The van der Waals surface area contributed by atoms with E-state index in [1.807, 2.05) is 25.1 Å². The molecule has 2 rings (SSSR count).